The van der Waals surface area contributed by atoms with E-state index in [0.29, 0.717) is 5.02 Å². The van der Waals surface area contributed by atoms with E-state index in [9.17, 15) is 8.42 Å². The van der Waals surface area contributed by atoms with Gasteiger partial charge in [0.05, 0.1) is 23.8 Å². The number of nitrogens with one attached hydrogen (secondary N) is 1. The first-order valence-corrected chi connectivity index (χ1v) is 11.1. The van der Waals surface area contributed by atoms with Crippen molar-refractivity contribution in [3.05, 3.63) is 29.3 Å². The number of halogens is 1. The normalized spacial score (nSPS) is 23.8. The van der Waals surface area contributed by atoms with Crippen LogP contribution in [0.5, 0.6) is 0 Å². The Morgan fingerprint density at radius 3 is 2.77 bits per heavy atom. The molecule has 0 aliphatic carbocycles. The van der Waals surface area contributed by atoms with Gasteiger partial charge in [0.2, 0.25) is 0 Å². The highest BCUT2D eigenvalue weighted by molar-refractivity contribution is 7.91. The highest BCUT2D eigenvalue weighted by Gasteiger charge is 2.42. The fourth-order valence-electron chi connectivity index (χ4n) is 3.54. The molecule has 2 fully saturated rings. The van der Waals surface area contributed by atoms with Crippen LogP contribution in [-0.2, 0) is 14.6 Å². The van der Waals surface area contributed by atoms with Crippen molar-refractivity contribution in [3.8, 4) is 0 Å². The summed E-state index contributed by atoms with van der Waals surface area (Å²) in [6.45, 7) is 6.50. The van der Waals surface area contributed by atoms with Gasteiger partial charge in [0.1, 0.15) is 0 Å². The van der Waals surface area contributed by atoms with E-state index in [1.54, 1.807) is 12.1 Å². The third-order valence-electron chi connectivity index (χ3n) is 5.05. The van der Waals surface area contributed by atoms with Gasteiger partial charge in [0.25, 0.3) is 0 Å². The smallest absolute Gasteiger partial charge is 0.193 e. The molecule has 1 N–H and O–H groups in total. The van der Waals surface area contributed by atoms with Gasteiger partial charge in [-0.25, -0.2) is 8.42 Å². The molecule has 8 heteroatoms. The second kappa shape index (κ2) is 8.15. The molecule has 2 saturated heterocycles. The predicted octanol–water partition coefficient (Wildman–Crippen LogP) is 2.19. The Balaban J connectivity index is 1.63. The molecule has 1 aromatic rings. The summed E-state index contributed by atoms with van der Waals surface area (Å²) in [4.78, 5) is 7.08. The van der Waals surface area contributed by atoms with Crippen LogP contribution in [0.15, 0.2) is 34.2 Å². The Bertz CT molecular complexity index is 743. The molecule has 1 aromatic carbocycles. The Morgan fingerprint density at radius 1 is 1.35 bits per heavy atom. The lowest BCUT2D eigenvalue weighted by Gasteiger charge is -2.25. The Labute approximate surface area is 160 Å². The number of hydrogen-bond donors (Lipinski definition) is 1. The second-order valence-corrected chi connectivity index (χ2v) is 9.53. The standard InChI is InChI=1S/C18H26ClN3O3S/c1-2-20-17(22-10-7-18(13-22)8-11-25-14-18)21-9-12-26(23,24)16-5-3-15(19)4-6-16/h3-6H,2,7-14H2,1H3,(H,20,21). The van der Waals surface area contributed by atoms with E-state index in [0.717, 1.165) is 51.6 Å². The number of rotatable bonds is 5. The van der Waals surface area contributed by atoms with Crippen molar-refractivity contribution in [1.29, 1.82) is 0 Å². The van der Waals surface area contributed by atoms with Crippen molar-refractivity contribution in [2.24, 2.45) is 10.4 Å². The van der Waals surface area contributed by atoms with Crippen LogP contribution in [0.1, 0.15) is 19.8 Å². The quantitative estimate of drug-likeness (QED) is 0.607. The van der Waals surface area contributed by atoms with Gasteiger partial charge >= 0.3 is 0 Å². The number of benzene rings is 1. The zero-order valence-electron chi connectivity index (χ0n) is 15.1. The molecule has 0 amide bonds. The molecule has 1 atom stereocenters. The average molecular weight is 400 g/mol. The molecule has 6 nitrogen and oxygen atoms in total. The maximum Gasteiger partial charge on any atom is 0.193 e. The molecular weight excluding hydrogens is 374 g/mol. The van der Waals surface area contributed by atoms with Crippen LogP contribution in [0, 0.1) is 5.41 Å². The SMILES string of the molecule is CCNC(=NCCS(=O)(=O)c1ccc(Cl)cc1)N1CCC2(CCOC2)C1. The topological polar surface area (TPSA) is 71.0 Å². The summed E-state index contributed by atoms with van der Waals surface area (Å²) in [5, 5.41) is 3.81. The lowest BCUT2D eigenvalue weighted by molar-refractivity contribution is 0.156. The molecule has 1 spiro atoms. The number of guanidine groups is 1. The highest BCUT2D eigenvalue weighted by Crippen LogP contribution is 2.38. The number of likely N-dealkylation sites (tertiary alicyclic amines) is 1. The first kappa shape index (κ1) is 19.5. The first-order valence-electron chi connectivity index (χ1n) is 9.03. The monoisotopic (exact) mass is 399 g/mol. The summed E-state index contributed by atoms with van der Waals surface area (Å²) in [6.07, 6.45) is 2.19. The fourth-order valence-corrected chi connectivity index (χ4v) is 4.79. The predicted molar refractivity (Wildman–Crippen MR) is 104 cm³/mol. The number of hydrogen-bond acceptors (Lipinski definition) is 4. The Hall–Kier alpha value is -1.31. The van der Waals surface area contributed by atoms with Crippen molar-refractivity contribution in [2.75, 3.05) is 45.1 Å². The molecule has 0 bridgehead atoms. The van der Waals surface area contributed by atoms with Gasteiger partial charge in [-0.05, 0) is 44.0 Å². The molecule has 2 aliphatic rings. The van der Waals surface area contributed by atoms with E-state index < -0.39 is 9.84 Å². The molecule has 0 saturated carbocycles. The summed E-state index contributed by atoms with van der Waals surface area (Å²) >= 11 is 5.83. The van der Waals surface area contributed by atoms with E-state index in [2.05, 4.69) is 15.2 Å². The van der Waals surface area contributed by atoms with Gasteiger partial charge in [-0.3, -0.25) is 4.99 Å². The number of aliphatic imine (C=N–C) groups is 1. The van der Waals surface area contributed by atoms with Gasteiger partial charge in [0.15, 0.2) is 15.8 Å². The summed E-state index contributed by atoms with van der Waals surface area (Å²) in [5.74, 6) is 0.772. The van der Waals surface area contributed by atoms with Crippen LogP contribution in [0.25, 0.3) is 0 Å². The van der Waals surface area contributed by atoms with E-state index in [1.807, 2.05) is 6.92 Å². The van der Waals surface area contributed by atoms with Crippen LogP contribution in [0.2, 0.25) is 5.02 Å². The number of nitrogens with zero attached hydrogens (tertiary/aromatic N) is 2. The van der Waals surface area contributed by atoms with Gasteiger partial charge in [-0.1, -0.05) is 11.6 Å². The maximum atomic E-state index is 12.4. The van der Waals surface area contributed by atoms with Gasteiger partial charge < -0.3 is 15.0 Å². The zero-order chi connectivity index (χ0) is 18.6. The molecule has 2 heterocycles. The van der Waals surface area contributed by atoms with Crippen LogP contribution in [0.4, 0.5) is 0 Å². The summed E-state index contributed by atoms with van der Waals surface area (Å²) in [5.41, 5.74) is 0.242. The largest absolute Gasteiger partial charge is 0.381 e. The summed E-state index contributed by atoms with van der Waals surface area (Å²) in [7, 11) is -3.37. The molecule has 3 rings (SSSR count). The molecule has 0 radical (unpaired) electrons. The van der Waals surface area contributed by atoms with Crippen molar-refractivity contribution in [1.82, 2.24) is 10.2 Å². The van der Waals surface area contributed by atoms with Crippen LogP contribution in [0.3, 0.4) is 0 Å². The first-order chi connectivity index (χ1) is 12.4. The molecular formula is C18H26ClN3O3S. The molecule has 2 aliphatic heterocycles. The van der Waals surface area contributed by atoms with Gasteiger partial charge in [0, 0.05) is 36.7 Å². The number of sulfone groups is 1. The molecule has 1 unspecified atom stereocenters. The Morgan fingerprint density at radius 2 is 2.12 bits per heavy atom. The fraction of sp³-hybridized carbons (Fsp3) is 0.611. The second-order valence-electron chi connectivity index (χ2n) is 6.98. The van der Waals surface area contributed by atoms with Gasteiger partial charge in [-0.15, -0.1) is 0 Å². The van der Waals surface area contributed by atoms with Crippen LogP contribution >= 0.6 is 11.6 Å². The molecule has 26 heavy (non-hydrogen) atoms. The zero-order valence-corrected chi connectivity index (χ0v) is 16.7. The third kappa shape index (κ3) is 4.50. The van der Waals surface area contributed by atoms with Gasteiger partial charge in [-0.2, -0.15) is 0 Å². The van der Waals surface area contributed by atoms with Crippen molar-refractivity contribution in [3.63, 3.8) is 0 Å². The van der Waals surface area contributed by atoms with Crippen molar-refractivity contribution < 1.29 is 13.2 Å². The highest BCUT2D eigenvalue weighted by atomic mass is 35.5. The minimum absolute atomic E-state index is 0.0222. The Kier molecular flexibility index (Phi) is 6.10. The molecule has 144 valence electrons. The van der Waals surface area contributed by atoms with E-state index in [-0.39, 0.29) is 22.6 Å². The molecule has 0 aromatic heterocycles. The number of ether oxygens (including phenoxy) is 1. The third-order valence-corrected chi connectivity index (χ3v) is 7.01. The van der Waals surface area contributed by atoms with Crippen molar-refractivity contribution >= 4 is 27.4 Å². The lowest BCUT2D eigenvalue weighted by atomic mass is 9.87. The van der Waals surface area contributed by atoms with E-state index >= 15 is 0 Å². The lowest BCUT2D eigenvalue weighted by Crippen LogP contribution is -2.41. The van der Waals surface area contributed by atoms with E-state index in [1.165, 1.54) is 12.1 Å². The van der Waals surface area contributed by atoms with Crippen molar-refractivity contribution in [2.45, 2.75) is 24.7 Å². The summed E-state index contributed by atoms with van der Waals surface area (Å²) in [6, 6.07) is 6.26. The maximum absolute atomic E-state index is 12.4. The minimum atomic E-state index is -3.37. The average Bonchev–Trinajstić information content (AvgIpc) is 3.25. The minimum Gasteiger partial charge on any atom is -0.381 e. The van der Waals surface area contributed by atoms with Crippen LogP contribution in [-0.4, -0.2) is 64.4 Å². The van der Waals surface area contributed by atoms with Crippen LogP contribution < -0.4 is 5.32 Å². The van der Waals surface area contributed by atoms with E-state index in [4.69, 9.17) is 16.3 Å². The summed E-state index contributed by atoms with van der Waals surface area (Å²) < 4.78 is 30.5.